The van der Waals surface area contributed by atoms with E-state index < -0.39 is 0 Å². The Hall–Kier alpha value is -2.17. The minimum Gasteiger partial charge on any atom is -0.490 e. The van der Waals surface area contributed by atoms with Crippen LogP contribution < -0.4 is 14.8 Å². The molecule has 2 aromatic rings. The number of aryl methyl sites for hydroxylation is 1. The fourth-order valence-corrected chi connectivity index (χ4v) is 2.11. The monoisotopic (exact) mass is 289 g/mol. The highest BCUT2D eigenvalue weighted by Gasteiger charge is 2.06. The average molecular weight is 289 g/mol. The highest BCUT2D eigenvalue weighted by atomic mass is 16.5. The molecule has 114 valence electrons. The molecule has 1 heterocycles. The molecule has 0 radical (unpaired) electrons. The molecule has 0 saturated heterocycles. The molecule has 0 amide bonds. The van der Waals surface area contributed by atoms with Gasteiger partial charge in [-0.05, 0) is 38.0 Å². The van der Waals surface area contributed by atoms with Crippen molar-refractivity contribution in [2.24, 2.45) is 7.05 Å². The van der Waals surface area contributed by atoms with Crippen LogP contribution in [0.1, 0.15) is 19.4 Å². The normalized spacial score (nSPS) is 10.4. The largest absolute Gasteiger partial charge is 0.490 e. The number of aromatic nitrogens is 2. The Kier molecular flexibility index (Phi) is 5.49. The summed E-state index contributed by atoms with van der Waals surface area (Å²) in [5, 5.41) is 7.56. The van der Waals surface area contributed by atoms with Gasteiger partial charge in [-0.25, -0.2) is 0 Å². The number of benzene rings is 1. The maximum atomic E-state index is 5.62. The zero-order valence-electron chi connectivity index (χ0n) is 12.9. The molecule has 1 N–H and O–H groups in total. The molecule has 0 bridgehead atoms. The molecular formula is C16H23N3O2. The maximum absolute atomic E-state index is 5.62. The SMILES string of the molecule is CCOc1ccc(NCCc2cnn(C)c2)cc1OCC. The third-order valence-electron chi connectivity index (χ3n) is 3.04. The van der Waals surface area contributed by atoms with E-state index in [1.165, 1.54) is 5.56 Å². The summed E-state index contributed by atoms with van der Waals surface area (Å²) in [6.07, 6.45) is 4.86. The quantitative estimate of drug-likeness (QED) is 0.812. The van der Waals surface area contributed by atoms with Crippen LogP contribution in [-0.2, 0) is 13.5 Å². The van der Waals surface area contributed by atoms with Crippen LogP contribution >= 0.6 is 0 Å². The number of hydrogen-bond donors (Lipinski definition) is 1. The van der Waals surface area contributed by atoms with Gasteiger partial charge in [-0.3, -0.25) is 4.68 Å². The van der Waals surface area contributed by atoms with E-state index in [1.54, 1.807) is 0 Å². The molecule has 0 saturated carbocycles. The number of rotatable bonds is 8. The molecule has 21 heavy (non-hydrogen) atoms. The summed E-state index contributed by atoms with van der Waals surface area (Å²) >= 11 is 0. The van der Waals surface area contributed by atoms with Crippen molar-refractivity contribution in [1.29, 1.82) is 0 Å². The topological polar surface area (TPSA) is 48.3 Å². The molecule has 0 fully saturated rings. The van der Waals surface area contributed by atoms with Gasteiger partial charge in [0, 0.05) is 31.5 Å². The van der Waals surface area contributed by atoms with Crippen molar-refractivity contribution in [3.63, 3.8) is 0 Å². The minimum atomic E-state index is 0.624. The van der Waals surface area contributed by atoms with Crippen LogP contribution in [0.3, 0.4) is 0 Å². The first kappa shape index (κ1) is 15.2. The highest BCUT2D eigenvalue weighted by molar-refractivity contribution is 5.54. The fourth-order valence-electron chi connectivity index (χ4n) is 2.11. The molecule has 1 aromatic heterocycles. The van der Waals surface area contributed by atoms with Crippen molar-refractivity contribution in [3.05, 3.63) is 36.2 Å². The molecule has 1 aromatic carbocycles. The summed E-state index contributed by atoms with van der Waals surface area (Å²) in [5.74, 6) is 1.57. The van der Waals surface area contributed by atoms with Crippen molar-refractivity contribution >= 4 is 5.69 Å². The first-order valence-electron chi connectivity index (χ1n) is 7.34. The van der Waals surface area contributed by atoms with E-state index in [0.29, 0.717) is 13.2 Å². The molecular weight excluding hydrogens is 266 g/mol. The maximum Gasteiger partial charge on any atom is 0.163 e. The van der Waals surface area contributed by atoms with E-state index >= 15 is 0 Å². The smallest absolute Gasteiger partial charge is 0.163 e. The Morgan fingerprint density at radius 1 is 1.14 bits per heavy atom. The molecule has 0 spiro atoms. The van der Waals surface area contributed by atoms with Gasteiger partial charge in [0.05, 0.1) is 19.4 Å². The Morgan fingerprint density at radius 2 is 1.90 bits per heavy atom. The lowest BCUT2D eigenvalue weighted by atomic mass is 10.2. The second-order valence-corrected chi connectivity index (χ2v) is 4.73. The molecule has 0 aliphatic heterocycles. The van der Waals surface area contributed by atoms with Crippen LogP contribution in [0.25, 0.3) is 0 Å². The van der Waals surface area contributed by atoms with Gasteiger partial charge in [0.1, 0.15) is 0 Å². The zero-order valence-corrected chi connectivity index (χ0v) is 12.9. The van der Waals surface area contributed by atoms with E-state index in [0.717, 1.165) is 30.2 Å². The first-order valence-corrected chi connectivity index (χ1v) is 7.34. The number of ether oxygens (including phenoxy) is 2. The standard InChI is InChI=1S/C16H23N3O2/c1-4-20-15-7-6-14(10-16(15)21-5-2)17-9-8-13-11-18-19(3)12-13/h6-7,10-12,17H,4-5,8-9H2,1-3H3. The van der Waals surface area contributed by atoms with Gasteiger partial charge >= 0.3 is 0 Å². The average Bonchev–Trinajstić information content (AvgIpc) is 2.88. The third kappa shape index (κ3) is 4.41. The van der Waals surface area contributed by atoms with Crippen LogP contribution in [0.4, 0.5) is 5.69 Å². The van der Waals surface area contributed by atoms with E-state index in [9.17, 15) is 0 Å². The first-order chi connectivity index (χ1) is 10.2. The van der Waals surface area contributed by atoms with Gasteiger partial charge in [0.15, 0.2) is 11.5 Å². The van der Waals surface area contributed by atoms with Crippen molar-refractivity contribution in [2.75, 3.05) is 25.1 Å². The second kappa shape index (κ2) is 7.57. The van der Waals surface area contributed by atoms with Crippen LogP contribution in [0.15, 0.2) is 30.6 Å². The van der Waals surface area contributed by atoms with Crippen molar-refractivity contribution < 1.29 is 9.47 Å². The van der Waals surface area contributed by atoms with Gasteiger partial charge in [0.2, 0.25) is 0 Å². The number of nitrogens with one attached hydrogen (secondary N) is 1. The Morgan fingerprint density at radius 3 is 2.57 bits per heavy atom. The van der Waals surface area contributed by atoms with Gasteiger partial charge < -0.3 is 14.8 Å². The molecule has 0 unspecified atom stereocenters. The zero-order chi connectivity index (χ0) is 15.1. The molecule has 2 rings (SSSR count). The lowest BCUT2D eigenvalue weighted by Crippen LogP contribution is -2.05. The summed E-state index contributed by atoms with van der Waals surface area (Å²) in [6.45, 7) is 6.05. The number of nitrogens with zero attached hydrogens (tertiary/aromatic N) is 2. The van der Waals surface area contributed by atoms with Crippen molar-refractivity contribution in [1.82, 2.24) is 9.78 Å². The summed E-state index contributed by atoms with van der Waals surface area (Å²) in [4.78, 5) is 0. The van der Waals surface area contributed by atoms with Gasteiger partial charge in [-0.15, -0.1) is 0 Å². The second-order valence-electron chi connectivity index (χ2n) is 4.73. The predicted octanol–water partition coefficient (Wildman–Crippen LogP) is 2.87. The highest BCUT2D eigenvalue weighted by Crippen LogP contribution is 2.30. The van der Waals surface area contributed by atoms with Gasteiger partial charge in [0.25, 0.3) is 0 Å². The minimum absolute atomic E-state index is 0.624. The van der Waals surface area contributed by atoms with Crippen molar-refractivity contribution in [3.8, 4) is 11.5 Å². The van der Waals surface area contributed by atoms with E-state index in [-0.39, 0.29) is 0 Å². The summed E-state index contributed by atoms with van der Waals surface area (Å²) in [6, 6.07) is 5.94. The fraction of sp³-hybridized carbons (Fsp3) is 0.438. The van der Waals surface area contributed by atoms with E-state index in [2.05, 4.69) is 10.4 Å². The number of hydrogen-bond acceptors (Lipinski definition) is 4. The van der Waals surface area contributed by atoms with Crippen molar-refractivity contribution in [2.45, 2.75) is 20.3 Å². The Labute approximate surface area is 125 Å². The summed E-state index contributed by atoms with van der Waals surface area (Å²) in [7, 11) is 1.93. The van der Waals surface area contributed by atoms with Crippen LogP contribution in [0, 0.1) is 0 Å². The summed E-state index contributed by atoms with van der Waals surface area (Å²) < 4.78 is 13.0. The molecule has 0 aliphatic rings. The Balaban J connectivity index is 1.94. The lowest BCUT2D eigenvalue weighted by Gasteiger charge is -2.13. The molecule has 5 nitrogen and oxygen atoms in total. The third-order valence-corrected chi connectivity index (χ3v) is 3.04. The van der Waals surface area contributed by atoms with E-state index in [4.69, 9.17) is 9.47 Å². The van der Waals surface area contributed by atoms with Crippen LogP contribution in [0.5, 0.6) is 11.5 Å². The molecule has 0 atom stereocenters. The lowest BCUT2D eigenvalue weighted by molar-refractivity contribution is 0.288. The van der Waals surface area contributed by atoms with Gasteiger partial charge in [-0.2, -0.15) is 5.10 Å². The Bertz CT molecular complexity index is 566. The molecule has 5 heteroatoms. The summed E-state index contributed by atoms with van der Waals surface area (Å²) in [5.41, 5.74) is 2.26. The van der Waals surface area contributed by atoms with E-state index in [1.807, 2.05) is 56.2 Å². The predicted molar refractivity (Wildman–Crippen MR) is 84.2 cm³/mol. The van der Waals surface area contributed by atoms with Crippen LogP contribution in [0.2, 0.25) is 0 Å². The van der Waals surface area contributed by atoms with Gasteiger partial charge in [-0.1, -0.05) is 0 Å². The van der Waals surface area contributed by atoms with Crippen LogP contribution in [-0.4, -0.2) is 29.5 Å². The molecule has 0 aliphatic carbocycles. The number of anilines is 1.